The molecule has 1 saturated heterocycles. The first-order valence-electron chi connectivity index (χ1n) is 10.2. The molecule has 1 aromatic heterocycles. The number of nitrogens with one attached hydrogen (secondary N) is 1. The number of rotatable bonds is 5. The Balaban J connectivity index is 1.52. The van der Waals surface area contributed by atoms with Gasteiger partial charge >= 0.3 is 0 Å². The summed E-state index contributed by atoms with van der Waals surface area (Å²) in [6.07, 6.45) is 6.75. The highest BCUT2D eigenvalue weighted by atomic mass is 16.3. The van der Waals surface area contributed by atoms with Gasteiger partial charge in [0.05, 0.1) is 31.3 Å². The molecule has 144 valence electrons. The van der Waals surface area contributed by atoms with Crippen LogP contribution < -0.4 is 10.0 Å². The van der Waals surface area contributed by atoms with Crippen molar-refractivity contribution < 1.29 is 5.11 Å². The van der Waals surface area contributed by atoms with E-state index >= 15 is 0 Å². The number of aliphatic hydroxyl groups is 1. The Bertz CT molecular complexity index is 836. The minimum atomic E-state index is -0.790. The molecule has 0 spiro atoms. The number of aromatic nitrogens is 1. The van der Waals surface area contributed by atoms with Crippen molar-refractivity contribution >= 4 is 5.69 Å². The van der Waals surface area contributed by atoms with Crippen LogP contribution in [0.25, 0.3) is 0 Å². The van der Waals surface area contributed by atoms with Crippen LogP contribution in [-0.4, -0.2) is 29.7 Å². The van der Waals surface area contributed by atoms with Crippen molar-refractivity contribution in [2.75, 3.05) is 19.6 Å². The highest BCUT2D eigenvalue weighted by molar-refractivity contribution is 5.42. The summed E-state index contributed by atoms with van der Waals surface area (Å²) in [6, 6.07) is 12.4. The summed E-state index contributed by atoms with van der Waals surface area (Å²) in [5.74, 6) is 1.39. The molecular formula is C23H31N2O2+. The Kier molecular flexibility index (Phi) is 4.73. The zero-order valence-corrected chi connectivity index (χ0v) is 16.4. The summed E-state index contributed by atoms with van der Waals surface area (Å²) in [7, 11) is 0. The average Bonchev–Trinajstić information content (AvgIpc) is 3.46. The summed E-state index contributed by atoms with van der Waals surface area (Å²) in [5.41, 5.74) is 2.73. The first-order valence-corrected chi connectivity index (χ1v) is 10.2. The van der Waals surface area contributed by atoms with E-state index in [9.17, 15) is 9.90 Å². The Morgan fingerprint density at radius 3 is 2.30 bits per heavy atom. The molecule has 1 aliphatic heterocycles. The summed E-state index contributed by atoms with van der Waals surface area (Å²) >= 11 is 0. The molecule has 4 nitrogen and oxygen atoms in total. The van der Waals surface area contributed by atoms with Crippen molar-refractivity contribution in [2.24, 2.45) is 5.92 Å². The second kappa shape index (κ2) is 6.92. The van der Waals surface area contributed by atoms with Crippen molar-refractivity contribution in [2.45, 2.75) is 51.0 Å². The molecule has 0 unspecified atom stereocenters. The van der Waals surface area contributed by atoms with E-state index in [4.69, 9.17) is 0 Å². The summed E-state index contributed by atoms with van der Waals surface area (Å²) < 4.78 is 0.965. The number of benzene rings is 1. The minimum Gasteiger partial charge on any atom is -0.386 e. The van der Waals surface area contributed by atoms with Gasteiger partial charge in [0.15, 0.2) is 0 Å². The van der Waals surface area contributed by atoms with Gasteiger partial charge < -0.3 is 10.1 Å². The fourth-order valence-electron chi connectivity index (χ4n) is 4.63. The highest BCUT2D eigenvalue weighted by Gasteiger charge is 2.41. The quantitative estimate of drug-likeness (QED) is 0.788. The van der Waals surface area contributed by atoms with Crippen molar-refractivity contribution in [3.8, 4) is 0 Å². The lowest BCUT2D eigenvalue weighted by atomic mass is 9.86. The molecule has 2 N–H and O–H groups in total. The van der Waals surface area contributed by atoms with Crippen LogP contribution in [0.2, 0.25) is 0 Å². The van der Waals surface area contributed by atoms with Gasteiger partial charge in [0.25, 0.3) is 5.56 Å². The molecular weight excluding hydrogens is 336 g/mol. The third kappa shape index (κ3) is 4.02. The third-order valence-electron chi connectivity index (χ3n) is 6.51. The number of H-pyrrole nitrogens is 1. The van der Waals surface area contributed by atoms with Gasteiger partial charge in [-0.25, -0.2) is 0 Å². The molecule has 1 saturated carbocycles. The largest absolute Gasteiger partial charge is 0.386 e. The predicted molar refractivity (Wildman–Crippen MR) is 110 cm³/mol. The molecule has 2 aliphatic rings. The first-order chi connectivity index (χ1) is 12.9. The van der Waals surface area contributed by atoms with Crippen LogP contribution in [0.3, 0.4) is 0 Å². The van der Waals surface area contributed by atoms with Gasteiger partial charge in [-0.05, 0) is 43.7 Å². The molecule has 2 heterocycles. The van der Waals surface area contributed by atoms with Gasteiger partial charge in [0.1, 0.15) is 5.69 Å². The molecule has 4 rings (SSSR count). The van der Waals surface area contributed by atoms with E-state index in [-0.39, 0.29) is 5.56 Å². The SMILES string of the molecule is CC(C)(O)c1ccc(C2CC[N+](CC3CC3)(c3cc[nH]c(=O)c3)CC2)cc1. The van der Waals surface area contributed by atoms with Crippen molar-refractivity contribution in [3.63, 3.8) is 0 Å². The molecule has 0 amide bonds. The lowest BCUT2D eigenvalue weighted by Crippen LogP contribution is -2.55. The molecule has 0 atom stereocenters. The first kappa shape index (κ1) is 18.5. The lowest BCUT2D eigenvalue weighted by molar-refractivity contribution is 0.0785. The minimum absolute atomic E-state index is 0.00475. The number of hydrogen-bond donors (Lipinski definition) is 2. The molecule has 27 heavy (non-hydrogen) atoms. The molecule has 1 aliphatic carbocycles. The van der Waals surface area contributed by atoms with Gasteiger partial charge in [0, 0.05) is 31.0 Å². The molecule has 2 aromatic rings. The molecule has 0 radical (unpaired) electrons. The topological polar surface area (TPSA) is 53.1 Å². The summed E-state index contributed by atoms with van der Waals surface area (Å²) in [5, 5.41) is 10.2. The predicted octanol–water partition coefficient (Wildman–Crippen LogP) is 3.90. The maximum Gasteiger partial charge on any atom is 0.253 e. The van der Waals surface area contributed by atoms with Gasteiger partial charge in [0.2, 0.25) is 0 Å². The van der Waals surface area contributed by atoms with E-state index in [0.717, 1.165) is 41.9 Å². The zero-order chi connectivity index (χ0) is 19.1. The lowest BCUT2D eigenvalue weighted by Gasteiger charge is -2.43. The maximum absolute atomic E-state index is 11.9. The second-order valence-corrected chi connectivity index (χ2v) is 9.08. The van der Waals surface area contributed by atoms with Crippen LogP contribution >= 0.6 is 0 Å². The Morgan fingerprint density at radius 2 is 1.74 bits per heavy atom. The molecule has 1 aromatic carbocycles. The van der Waals surface area contributed by atoms with Crippen molar-refractivity contribution in [3.05, 3.63) is 64.1 Å². The normalized spacial score (nSPS) is 26.1. The van der Waals surface area contributed by atoms with Gasteiger partial charge in [-0.3, -0.25) is 9.28 Å². The van der Waals surface area contributed by atoms with Crippen LogP contribution in [0.1, 0.15) is 56.6 Å². The molecule has 4 heteroatoms. The third-order valence-corrected chi connectivity index (χ3v) is 6.51. The number of pyridine rings is 1. The van der Waals surface area contributed by atoms with E-state index in [2.05, 4.69) is 35.3 Å². The van der Waals surface area contributed by atoms with E-state index < -0.39 is 5.60 Å². The van der Waals surface area contributed by atoms with Gasteiger partial charge in [-0.1, -0.05) is 24.3 Å². The van der Waals surface area contributed by atoms with E-state index in [1.54, 1.807) is 12.3 Å². The van der Waals surface area contributed by atoms with E-state index in [1.807, 2.05) is 13.8 Å². The number of piperidine rings is 1. The number of quaternary nitrogens is 1. The smallest absolute Gasteiger partial charge is 0.253 e. The fraction of sp³-hybridized carbons (Fsp3) is 0.522. The van der Waals surface area contributed by atoms with Crippen LogP contribution in [0.15, 0.2) is 47.4 Å². The van der Waals surface area contributed by atoms with Gasteiger partial charge in [-0.15, -0.1) is 0 Å². The van der Waals surface area contributed by atoms with E-state index in [0.29, 0.717) is 5.92 Å². The molecule has 0 bridgehead atoms. The fourth-order valence-corrected chi connectivity index (χ4v) is 4.63. The Morgan fingerprint density at radius 1 is 1.07 bits per heavy atom. The van der Waals surface area contributed by atoms with E-state index in [1.165, 1.54) is 30.6 Å². The standard InChI is InChI=1S/C23H30N2O2/c1-23(2,27)20-7-5-18(6-8-20)19-10-13-25(14-11-19,16-17-3-4-17)21-9-12-24-22(26)15-21/h5-9,12,15,17,19,27H,3-4,10-11,13-14,16H2,1-2H3/p+1. The monoisotopic (exact) mass is 367 g/mol. The number of likely N-dealkylation sites (tertiary alicyclic amines) is 1. The Hall–Kier alpha value is -1.91. The highest BCUT2D eigenvalue weighted by Crippen LogP contribution is 2.40. The van der Waals surface area contributed by atoms with Crippen LogP contribution in [0.4, 0.5) is 5.69 Å². The van der Waals surface area contributed by atoms with Crippen LogP contribution in [0.5, 0.6) is 0 Å². The summed E-state index contributed by atoms with van der Waals surface area (Å²) in [4.78, 5) is 14.7. The second-order valence-electron chi connectivity index (χ2n) is 9.08. The zero-order valence-electron chi connectivity index (χ0n) is 16.4. The maximum atomic E-state index is 11.9. The van der Waals surface area contributed by atoms with Crippen molar-refractivity contribution in [1.82, 2.24) is 9.47 Å². The number of hydrogen-bond acceptors (Lipinski definition) is 2. The number of aromatic amines is 1. The van der Waals surface area contributed by atoms with Gasteiger partial charge in [-0.2, -0.15) is 0 Å². The Labute approximate surface area is 161 Å². The summed E-state index contributed by atoms with van der Waals surface area (Å²) in [6.45, 7) is 7.02. The van der Waals surface area contributed by atoms with Crippen LogP contribution in [0, 0.1) is 5.92 Å². The van der Waals surface area contributed by atoms with Crippen LogP contribution in [-0.2, 0) is 5.60 Å². The number of nitrogens with zero attached hydrogens (tertiary/aromatic N) is 1. The molecule has 2 fully saturated rings. The van der Waals surface area contributed by atoms with Crippen molar-refractivity contribution in [1.29, 1.82) is 0 Å². The average molecular weight is 368 g/mol.